The van der Waals surface area contributed by atoms with Crippen molar-refractivity contribution in [3.8, 4) is 46.0 Å². The van der Waals surface area contributed by atoms with E-state index in [2.05, 4.69) is 60.3 Å². The SMILES string of the molecule is COc1ccc2cc1Oc1cc3c(cc1OC)CCN(C)[C@@H]3Cc1ccc(cc1)Oc1c(O)c(OC)cc3c1C(C2)N(C)CC3. The molecule has 4 heterocycles. The molecule has 8 heteroatoms. The van der Waals surface area contributed by atoms with Crippen LogP contribution in [0.4, 0.5) is 0 Å². The number of ether oxygens (including phenoxy) is 5. The topological polar surface area (TPSA) is 72.9 Å². The lowest BCUT2D eigenvalue weighted by molar-refractivity contribution is 0.222. The van der Waals surface area contributed by atoms with E-state index < -0.39 is 0 Å². The van der Waals surface area contributed by atoms with Crippen LogP contribution < -0.4 is 23.7 Å². The van der Waals surface area contributed by atoms with Crippen LogP contribution in [0.5, 0.6) is 46.0 Å². The first kappa shape index (κ1) is 29.3. The van der Waals surface area contributed by atoms with Gasteiger partial charge in [0.2, 0.25) is 5.75 Å². The van der Waals surface area contributed by atoms with Gasteiger partial charge in [0.25, 0.3) is 0 Å². The van der Waals surface area contributed by atoms with Crippen LogP contribution in [-0.2, 0) is 25.7 Å². The van der Waals surface area contributed by atoms with E-state index in [-0.39, 0.29) is 17.8 Å². The molecule has 8 nitrogen and oxygen atoms in total. The number of hydrogen-bond acceptors (Lipinski definition) is 8. The zero-order chi connectivity index (χ0) is 31.2. The van der Waals surface area contributed by atoms with Crippen LogP contribution in [-0.4, -0.2) is 63.4 Å². The van der Waals surface area contributed by atoms with Crippen LogP contribution >= 0.6 is 0 Å². The second-order valence-corrected chi connectivity index (χ2v) is 12.3. The summed E-state index contributed by atoms with van der Waals surface area (Å²) in [6.07, 6.45) is 3.24. The Morgan fingerprint density at radius 3 is 2.02 bits per heavy atom. The minimum Gasteiger partial charge on any atom is -0.502 e. The van der Waals surface area contributed by atoms with Crippen molar-refractivity contribution in [3.05, 3.63) is 94.0 Å². The Morgan fingerprint density at radius 1 is 0.667 bits per heavy atom. The minimum absolute atomic E-state index is 0.00993. The number of likely N-dealkylation sites (N-methyl/N-ethyl adjacent to an activating group) is 2. The Hall–Kier alpha value is -4.40. The maximum atomic E-state index is 11.4. The molecule has 45 heavy (non-hydrogen) atoms. The van der Waals surface area contributed by atoms with Crippen LogP contribution in [0.15, 0.2) is 60.7 Å². The number of benzene rings is 4. The molecule has 2 atom stereocenters. The lowest BCUT2D eigenvalue weighted by Gasteiger charge is -2.36. The first-order valence-corrected chi connectivity index (χ1v) is 15.5. The Morgan fingerprint density at radius 2 is 1.29 bits per heavy atom. The predicted molar refractivity (Wildman–Crippen MR) is 173 cm³/mol. The smallest absolute Gasteiger partial charge is 0.201 e. The summed E-state index contributed by atoms with van der Waals surface area (Å²) < 4.78 is 30.4. The van der Waals surface area contributed by atoms with E-state index >= 15 is 0 Å². The van der Waals surface area contributed by atoms with Crippen molar-refractivity contribution in [2.75, 3.05) is 48.5 Å². The molecule has 0 fully saturated rings. The average Bonchev–Trinajstić information content (AvgIpc) is 3.05. The van der Waals surface area contributed by atoms with E-state index in [9.17, 15) is 5.11 Å². The summed E-state index contributed by atoms with van der Waals surface area (Å²) in [7, 11) is 9.22. The Bertz CT molecular complexity index is 1740. The summed E-state index contributed by atoms with van der Waals surface area (Å²) in [5.41, 5.74) is 6.84. The van der Waals surface area contributed by atoms with Gasteiger partial charge in [-0.1, -0.05) is 18.2 Å². The van der Waals surface area contributed by atoms with Crippen LogP contribution in [0.3, 0.4) is 0 Å². The largest absolute Gasteiger partial charge is 0.502 e. The second-order valence-electron chi connectivity index (χ2n) is 12.3. The molecule has 0 aromatic heterocycles. The van der Waals surface area contributed by atoms with Crippen molar-refractivity contribution in [1.29, 1.82) is 0 Å². The van der Waals surface area contributed by atoms with Gasteiger partial charge in [0.15, 0.2) is 34.5 Å². The van der Waals surface area contributed by atoms with E-state index in [1.165, 1.54) is 16.7 Å². The van der Waals surface area contributed by atoms with Gasteiger partial charge in [-0.3, -0.25) is 9.80 Å². The number of nitrogens with zero attached hydrogens (tertiary/aromatic N) is 2. The summed E-state index contributed by atoms with van der Waals surface area (Å²) in [6, 6.07) is 20.6. The van der Waals surface area contributed by atoms with Crippen LogP contribution in [0.25, 0.3) is 0 Å². The van der Waals surface area contributed by atoms with E-state index in [0.717, 1.165) is 49.0 Å². The lowest BCUT2D eigenvalue weighted by Crippen LogP contribution is -2.34. The van der Waals surface area contributed by atoms with Gasteiger partial charge in [-0.05, 0) is 110 Å². The van der Waals surface area contributed by atoms with Crippen molar-refractivity contribution < 1.29 is 28.8 Å². The fraction of sp³-hybridized carbons (Fsp3) is 0.351. The van der Waals surface area contributed by atoms with Crippen molar-refractivity contribution in [1.82, 2.24) is 9.80 Å². The fourth-order valence-electron chi connectivity index (χ4n) is 7.10. The fourth-order valence-corrected chi connectivity index (χ4v) is 7.10. The number of fused-ring (bicyclic) bond motifs is 2. The molecule has 4 aromatic carbocycles. The molecule has 1 N–H and O–H groups in total. The van der Waals surface area contributed by atoms with E-state index in [1.54, 1.807) is 21.3 Å². The Kier molecular flexibility index (Phi) is 7.71. The third-order valence-corrected chi connectivity index (χ3v) is 9.66. The zero-order valence-electron chi connectivity index (χ0n) is 26.6. The summed E-state index contributed by atoms with van der Waals surface area (Å²) in [4.78, 5) is 4.72. The molecule has 234 valence electrons. The standard InChI is InChI=1S/C37H40N2O6/c1-38-14-12-24-19-31(42-4)33-21-27(24)28(38)16-22-6-9-26(10-7-22)44-37-35-25(20-34(43-5)36(37)40)13-15-39(2)29(35)17-23-8-11-30(41-3)32(18-23)45-33/h6-11,18-21,28-29,40H,12-17H2,1-5H3/t28-,29?/m1/s1. The highest BCUT2D eigenvalue weighted by molar-refractivity contribution is 5.62. The zero-order valence-corrected chi connectivity index (χ0v) is 26.6. The number of hydrogen-bond donors (Lipinski definition) is 1. The normalized spacial score (nSPS) is 19.4. The number of aromatic hydroxyl groups is 1. The highest BCUT2D eigenvalue weighted by Crippen LogP contribution is 2.50. The van der Waals surface area contributed by atoms with E-state index in [1.807, 2.05) is 24.3 Å². The summed E-state index contributed by atoms with van der Waals surface area (Å²) in [6.45, 7) is 1.81. The van der Waals surface area contributed by atoms with Crippen molar-refractivity contribution in [3.63, 3.8) is 0 Å². The maximum Gasteiger partial charge on any atom is 0.201 e. The molecule has 0 aliphatic carbocycles. The van der Waals surface area contributed by atoms with Gasteiger partial charge in [0.1, 0.15) is 5.75 Å². The molecule has 0 saturated carbocycles. The molecular weight excluding hydrogens is 568 g/mol. The number of rotatable bonds is 3. The molecule has 4 aliphatic rings. The molecule has 0 amide bonds. The maximum absolute atomic E-state index is 11.4. The first-order chi connectivity index (χ1) is 21.9. The van der Waals surface area contributed by atoms with Crippen molar-refractivity contribution in [2.24, 2.45) is 0 Å². The second kappa shape index (κ2) is 11.8. The van der Waals surface area contributed by atoms with Gasteiger partial charge in [-0.2, -0.15) is 0 Å². The molecule has 1 unspecified atom stereocenters. The Balaban J connectivity index is 1.42. The van der Waals surface area contributed by atoms with Gasteiger partial charge in [-0.15, -0.1) is 0 Å². The van der Waals surface area contributed by atoms with Crippen LogP contribution in [0.1, 0.15) is 45.5 Å². The van der Waals surface area contributed by atoms with Gasteiger partial charge in [0, 0.05) is 30.7 Å². The summed E-state index contributed by atoms with van der Waals surface area (Å²) in [5.74, 6) is 4.17. The Labute approximate surface area is 264 Å². The molecular formula is C37H40N2O6. The third-order valence-electron chi connectivity index (χ3n) is 9.66. The first-order valence-electron chi connectivity index (χ1n) is 15.5. The average molecular weight is 609 g/mol. The van der Waals surface area contributed by atoms with Gasteiger partial charge in [0.05, 0.1) is 21.3 Å². The number of methoxy groups -OCH3 is 3. The highest BCUT2D eigenvalue weighted by Gasteiger charge is 2.33. The highest BCUT2D eigenvalue weighted by atomic mass is 16.5. The van der Waals surface area contributed by atoms with Crippen LogP contribution in [0, 0.1) is 0 Å². The monoisotopic (exact) mass is 608 g/mol. The predicted octanol–water partition coefficient (Wildman–Crippen LogP) is 6.86. The van der Waals surface area contributed by atoms with Crippen LogP contribution in [0.2, 0.25) is 0 Å². The van der Waals surface area contributed by atoms with Gasteiger partial charge < -0.3 is 28.8 Å². The number of phenolic OH excluding ortho intramolecular Hbond substituents is 1. The van der Waals surface area contributed by atoms with Crippen molar-refractivity contribution in [2.45, 2.75) is 37.8 Å². The summed E-state index contributed by atoms with van der Waals surface area (Å²) in [5, 5.41) is 11.4. The van der Waals surface area contributed by atoms with E-state index in [0.29, 0.717) is 46.7 Å². The third kappa shape index (κ3) is 5.32. The molecule has 0 radical (unpaired) electrons. The molecule has 8 rings (SSSR count). The van der Waals surface area contributed by atoms with Gasteiger partial charge in [-0.25, -0.2) is 0 Å². The lowest BCUT2D eigenvalue weighted by atomic mass is 9.87. The number of phenols is 1. The molecule has 4 aromatic rings. The molecule has 0 saturated heterocycles. The van der Waals surface area contributed by atoms with E-state index in [4.69, 9.17) is 23.7 Å². The minimum atomic E-state index is -0.0606. The van der Waals surface area contributed by atoms with Gasteiger partial charge >= 0.3 is 0 Å². The molecule has 6 bridgehead atoms. The molecule has 4 aliphatic heterocycles. The quantitative estimate of drug-likeness (QED) is 0.271. The van der Waals surface area contributed by atoms with Crippen molar-refractivity contribution >= 4 is 0 Å². The molecule has 0 spiro atoms. The summed E-state index contributed by atoms with van der Waals surface area (Å²) >= 11 is 0.